The number of para-hydroxylation sites is 1. The summed E-state index contributed by atoms with van der Waals surface area (Å²) >= 11 is 0. The molecule has 8 rings (SSSR count). The van der Waals surface area contributed by atoms with Crippen LogP contribution in [0.2, 0.25) is 0 Å². The Bertz CT molecular complexity index is 2110. The van der Waals surface area contributed by atoms with Gasteiger partial charge in [0.15, 0.2) is 23.1 Å². The van der Waals surface area contributed by atoms with Crippen LogP contribution in [0, 0.1) is 11.2 Å². The Labute approximate surface area is 305 Å². The van der Waals surface area contributed by atoms with Crippen LogP contribution in [0.4, 0.5) is 10.1 Å². The summed E-state index contributed by atoms with van der Waals surface area (Å²) < 4.78 is 31.5. The van der Waals surface area contributed by atoms with E-state index in [0.717, 1.165) is 50.3 Å². The van der Waals surface area contributed by atoms with Crippen LogP contribution in [0.3, 0.4) is 0 Å². The number of anilines is 1. The molecule has 14 heteroatoms. The molecule has 4 aliphatic heterocycles. The molecule has 4 aliphatic rings. The number of carbonyl (C=O) groups is 4. The minimum absolute atomic E-state index is 0.0486. The zero-order valence-corrected chi connectivity index (χ0v) is 29.3. The van der Waals surface area contributed by atoms with Gasteiger partial charge in [0.05, 0.1) is 24.6 Å². The van der Waals surface area contributed by atoms with E-state index in [9.17, 15) is 23.6 Å². The number of piperidine rings is 2. The van der Waals surface area contributed by atoms with Gasteiger partial charge < -0.3 is 28.9 Å². The second kappa shape index (κ2) is 14.0. The fourth-order valence-corrected chi connectivity index (χ4v) is 7.84. The van der Waals surface area contributed by atoms with Crippen molar-refractivity contribution in [3.63, 3.8) is 0 Å². The molecule has 4 amide bonds. The van der Waals surface area contributed by atoms with Gasteiger partial charge in [-0.3, -0.25) is 24.5 Å². The zero-order valence-electron chi connectivity index (χ0n) is 29.3. The third-order valence-corrected chi connectivity index (χ3v) is 10.8. The Kier molecular flexibility index (Phi) is 9.05. The van der Waals surface area contributed by atoms with Crippen molar-refractivity contribution in [2.45, 2.75) is 51.1 Å². The molecule has 13 nitrogen and oxygen atoms in total. The molecular weight excluding hydrogens is 683 g/mol. The highest BCUT2D eigenvalue weighted by Crippen LogP contribution is 2.42. The van der Waals surface area contributed by atoms with E-state index in [1.165, 1.54) is 25.6 Å². The molecule has 0 radical (unpaired) electrons. The van der Waals surface area contributed by atoms with Gasteiger partial charge >= 0.3 is 0 Å². The molecule has 0 aliphatic carbocycles. The lowest BCUT2D eigenvalue weighted by atomic mass is 9.71. The molecule has 1 unspecified atom stereocenters. The third-order valence-electron chi connectivity index (χ3n) is 10.8. The molecule has 1 atom stereocenters. The molecule has 3 fully saturated rings. The van der Waals surface area contributed by atoms with Gasteiger partial charge in [0.1, 0.15) is 12.4 Å². The molecule has 0 saturated carbocycles. The van der Waals surface area contributed by atoms with Gasteiger partial charge in [0, 0.05) is 68.3 Å². The Balaban J connectivity index is 0.802. The van der Waals surface area contributed by atoms with Crippen LogP contribution in [0.5, 0.6) is 23.1 Å². The second-order valence-corrected chi connectivity index (χ2v) is 14.2. The predicted octanol–water partition coefficient (Wildman–Crippen LogP) is 4.62. The number of hydrogen-bond donors (Lipinski definition) is 1. The largest absolute Gasteiger partial charge is 0.493 e. The molecule has 1 N–H and O–H groups in total. The Hall–Kier alpha value is -5.79. The summed E-state index contributed by atoms with van der Waals surface area (Å²) in [5.74, 6) is -0.122. The first-order valence-electron chi connectivity index (χ1n) is 17.9. The van der Waals surface area contributed by atoms with Gasteiger partial charge in [-0.1, -0.05) is 12.1 Å². The number of carbonyl (C=O) groups excluding carboxylic acids is 4. The maximum atomic E-state index is 14.2. The van der Waals surface area contributed by atoms with E-state index >= 15 is 0 Å². The number of benzene rings is 3. The predicted molar refractivity (Wildman–Crippen MR) is 190 cm³/mol. The average molecular weight is 723 g/mol. The van der Waals surface area contributed by atoms with Gasteiger partial charge in [-0.25, -0.2) is 14.4 Å². The number of likely N-dealkylation sites (tertiary alicyclic amines) is 1. The smallest absolute Gasteiger partial charge is 0.255 e. The lowest BCUT2D eigenvalue weighted by molar-refractivity contribution is -0.145. The summed E-state index contributed by atoms with van der Waals surface area (Å²) in [6, 6.07) is 14.7. The van der Waals surface area contributed by atoms with Crippen molar-refractivity contribution in [1.82, 2.24) is 25.1 Å². The number of halogens is 1. The van der Waals surface area contributed by atoms with Crippen LogP contribution in [-0.4, -0.2) is 89.3 Å². The monoisotopic (exact) mass is 722 g/mol. The van der Waals surface area contributed by atoms with Crippen molar-refractivity contribution in [2.75, 3.05) is 44.8 Å². The highest BCUT2D eigenvalue weighted by atomic mass is 19.1. The number of amides is 4. The summed E-state index contributed by atoms with van der Waals surface area (Å²) in [6.07, 6.45) is 4.75. The number of aromatic nitrogens is 2. The zero-order chi connectivity index (χ0) is 36.7. The van der Waals surface area contributed by atoms with Crippen LogP contribution < -0.4 is 24.4 Å². The summed E-state index contributed by atoms with van der Waals surface area (Å²) in [7, 11) is 1.52. The molecule has 1 aromatic heterocycles. The maximum Gasteiger partial charge on any atom is 0.255 e. The van der Waals surface area contributed by atoms with Crippen LogP contribution in [0.25, 0.3) is 10.9 Å². The van der Waals surface area contributed by atoms with Crippen LogP contribution in [-0.2, 0) is 20.9 Å². The minimum Gasteiger partial charge on any atom is -0.493 e. The van der Waals surface area contributed by atoms with Gasteiger partial charge in [-0.2, -0.15) is 0 Å². The van der Waals surface area contributed by atoms with Crippen molar-refractivity contribution < 1.29 is 37.8 Å². The highest BCUT2D eigenvalue weighted by molar-refractivity contribution is 6.05. The summed E-state index contributed by atoms with van der Waals surface area (Å²) in [5, 5.41) is 2.89. The molecule has 53 heavy (non-hydrogen) atoms. The molecule has 5 heterocycles. The minimum atomic E-state index is -0.628. The third kappa shape index (κ3) is 6.69. The molecule has 3 saturated heterocycles. The van der Waals surface area contributed by atoms with Crippen molar-refractivity contribution in [3.05, 3.63) is 77.9 Å². The lowest BCUT2D eigenvalue weighted by Crippen LogP contribution is -2.61. The quantitative estimate of drug-likeness (QED) is 0.182. The Morgan fingerprint density at radius 1 is 1.00 bits per heavy atom. The van der Waals surface area contributed by atoms with Gasteiger partial charge in [-0.05, 0) is 67.6 Å². The van der Waals surface area contributed by atoms with E-state index in [4.69, 9.17) is 14.2 Å². The summed E-state index contributed by atoms with van der Waals surface area (Å²) in [6.45, 7) is 3.87. The maximum absolute atomic E-state index is 14.2. The van der Waals surface area contributed by atoms with Gasteiger partial charge in [0.25, 0.3) is 5.91 Å². The number of imide groups is 1. The van der Waals surface area contributed by atoms with Crippen LogP contribution in [0.1, 0.15) is 54.4 Å². The highest BCUT2D eigenvalue weighted by Gasteiger charge is 2.46. The van der Waals surface area contributed by atoms with E-state index in [0.29, 0.717) is 60.4 Å². The fourth-order valence-electron chi connectivity index (χ4n) is 7.84. The number of ether oxygens (including phenoxy) is 3. The van der Waals surface area contributed by atoms with Crippen LogP contribution in [0.15, 0.2) is 60.9 Å². The number of methoxy groups -OCH3 is 1. The van der Waals surface area contributed by atoms with E-state index in [1.807, 2.05) is 17.0 Å². The van der Waals surface area contributed by atoms with Crippen molar-refractivity contribution in [2.24, 2.45) is 5.41 Å². The van der Waals surface area contributed by atoms with E-state index in [2.05, 4.69) is 26.3 Å². The molecular formula is C39H39FN6O7. The van der Waals surface area contributed by atoms with Crippen molar-refractivity contribution in [1.29, 1.82) is 0 Å². The number of rotatable bonds is 10. The van der Waals surface area contributed by atoms with Gasteiger partial charge in [0.2, 0.25) is 23.6 Å². The summed E-state index contributed by atoms with van der Waals surface area (Å²) in [4.78, 5) is 64.5. The van der Waals surface area contributed by atoms with Crippen molar-refractivity contribution >= 4 is 40.2 Å². The van der Waals surface area contributed by atoms with Crippen LogP contribution >= 0.6 is 0 Å². The van der Waals surface area contributed by atoms with E-state index in [-0.39, 0.29) is 41.2 Å². The second-order valence-electron chi connectivity index (χ2n) is 14.2. The molecule has 0 bridgehead atoms. The number of fused-ring (bicyclic) bond motifs is 2. The van der Waals surface area contributed by atoms with Gasteiger partial charge in [-0.15, -0.1) is 0 Å². The summed E-state index contributed by atoms with van der Waals surface area (Å²) in [5.41, 5.74) is 3.22. The lowest BCUT2D eigenvalue weighted by Gasteiger charge is -2.54. The molecule has 1 spiro atoms. The van der Waals surface area contributed by atoms with Crippen molar-refractivity contribution in [3.8, 4) is 23.1 Å². The number of nitrogens with one attached hydrogen (secondary N) is 1. The van der Waals surface area contributed by atoms with E-state index < -0.39 is 17.8 Å². The first kappa shape index (κ1) is 34.3. The fraction of sp³-hybridized carbons (Fsp3) is 0.385. The standard InChI is InChI=1S/C39H39FN6O7/c1-51-32-18-27-29(41-23-42-37(27)53-31-6-3-2-5-28(31)40)19-33(32)52-16-4-7-35(48)45-21-39(22-45)12-14-44(15-13-39)25-8-9-26-24(17-25)20-46(38(26)50)30-10-11-34(47)43-36(30)49/h2-3,5-6,8-9,17-19,23,30H,4,7,10-16,20-22H2,1H3,(H,43,47,49). The number of hydrogen-bond acceptors (Lipinski definition) is 10. The average Bonchev–Trinajstić information content (AvgIpc) is 3.47. The Morgan fingerprint density at radius 3 is 2.58 bits per heavy atom. The first-order chi connectivity index (χ1) is 25.7. The SMILES string of the molecule is COc1cc2c(Oc3ccccc3F)ncnc2cc1OCCCC(=O)N1CC2(CCN(c3ccc4c(c3)CN(C3CCC(=O)NC3=O)C4=O)CC2)C1. The topological polar surface area (TPSA) is 143 Å². The first-order valence-corrected chi connectivity index (χ1v) is 17.9. The molecule has 4 aromatic rings. The normalized spacial score (nSPS) is 19.2. The number of nitrogens with zero attached hydrogens (tertiary/aromatic N) is 5. The van der Waals surface area contributed by atoms with E-state index in [1.54, 1.807) is 29.2 Å². The molecule has 3 aromatic carbocycles. The molecule has 274 valence electrons. The Morgan fingerprint density at radius 2 is 1.81 bits per heavy atom.